The van der Waals surface area contributed by atoms with E-state index in [1.54, 1.807) is 13.0 Å². The molecule has 1 fully saturated rings. The molecule has 1 aromatic rings. The summed E-state index contributed by atoms with van der Waals surface area (Å²) < 4.78 is 19.5. The van der Waals surface area contributed by atoms with E-state index in [1.807, 2.05) is 14.0 Å². The number of halogens is 1. The number of hydrogen-bond donors (Lipinski definition) is 2. The highest BCUT2D eigenvalue weighted by atomic mass is 19.1. The molecule has 0 radical (unpaired) electrons. The van der Waals surface area contributed by atoms with Gasteiger partial charge in [-0.2, -0.15) is 0 Å². The number of carbonyl (C=O) groups excluding carboxylic acids is 1. The third-order valence-electron chi connectivity index (χ3n) is 4.39. The summed E-state index contributed by atoms with van der Waals surface area (Å²) in [5, 5.41) is 6.42. The summed E-state index contributed by atoms with van der Waals surface area (Å²) >= 11 is 0. The Balaban J connectivity index is 1.90. The molecule has 0 unspecified atom stereocenters. The second kappa shape index (κ2) is 9.14. The molecule has 0 heterocycles. The Labute approximate surface area is 144 Å². The lowest BCUT2D eigenvalue weighted by Crippen LogP contribution is -2.42. The zero-order chi connectivity index (χ0) is 17.5. The van der Waals surface area contributed by atoms with Gasteiger partial charge in [-0.3, -0.25) is 4.79 Å². The van der Waals surface area contributed by atoms with E-state index in [9.17, 15) is 9.18 Å². The van der Waals surface area contributed by atoms with Crippen LogP contribution in [0.15, 0.2) is 18.2 Å². The fraction of sp³-hybridized carbons (Fsp3) is 0.632. The number of carbonyl (C=O) groups is 1. The summed E-state index contributed by atoms with van der Waals surface area (Å²) in [5.41, 5.74) is 1.02. The summed E-state index contributed by atoms with van der Waals surface area (Å²) in [5.74, 6) is 0.970. The van der Waals surface area contributed by atoms with Crippen LogP contribution in [0.5, 0.6) is 5.75 Å². The molecule has 1 aromatic carbocycles. The van der Waals surface area contributed by atoms with Crippen LogP contribution in [0.3, 0.4) is 0 Å². The Morgan fingerprint density at radius 3 is 2.79 bits per heavy atom. The predicted molar refractivity (Wildman–Crippen MR) is 93.9 cm³/mol. The van der Waals surface area contributed by atoms with E-state index in [-0.39, 0.29) is 23.7 Å². The maximum Gasteiger partial charge on any atom is 0.146 e. The van der Waals surface area contributed by atoms with Gasteiger partial charge in [0.25, 0.3) is 0 Å². The maximum absolute atomic E-state index is 13.6. The van der Waals surface area contributed by atoms with Gasteiger partial charge < -0.3 is 15.4 Å². The van der Waals surface area contributed by atoms with Gasteiger partial charge in [-0.1, -0.05) is 6.07 Å². The molecule has 1 saturated carbocycles. The van der Waals surface area contributed by atoms with E-state index >= 15 is 0 Å². The van der Waals surface area contributed by atoms with Crippen molar-refractivity contribution in [2.75, 3.05) is 20.1 Å². The van der Waals surface area contributed by atoms with Gasteiger partial charge in [-0.05, 0) is 70.7 Å². The SMILES string of the molecule is CNCCCc1ccc(F)cc1O[C@H](C)CN[C@H](C(C)=O)C1CC1. The zero-order valence-electron chi connectivity index (χ0n) is 14.9. The molecule has 0 bridgehead atoms. The largest absolute Gasteiger partial charge is 0.489 e. The first-order valence-electron chi connectivity index (χ1n) is 8.84. The molecular formula is C19H29FN2O2. The summed E-state index contributed by atoms with van der Waals surface area (Å²) in [6.45, 7) is 5.07. The Morgan fingerprint density at radius 1 is 1.42 bits per heavy atom. The van der Waals surface area contributed by atoms with Crippen LogP contribution >= 0.6 is 0 Å². The van der Waals surface area contributed by atoms with Crippen molar-refractivity contribution in [3.05, 3.63) is 29.6 Å². The van der Waals surface area contributed by atoms with Crippen molar-refractivity contribution in [1.29, 1.82) is 0 Å². The average Bonchev–Trinajstić information content (AvgIpc) is 3.34. The number of benzene rings is 1. The van der Waals surface area contributed by atoms with Crippen molar-refractivity contribution in [3.8, 4) is 5.75 Å². The van der Waals surface area contributed by atoms with E-state index in [2.05, 4.69) is 10.6 Å². The lowest BCUT2D eigenvalue weighted by Gasteiger charge is -2.21. The first-order valence-corrected chi connectivity index (χ1v) is 8.84. The van der Waals surface area contributed by atoms with E-state index in [4.69, 9.17) is 4.74 Å². The molecule has 2 rings (SSSR count). The van der Waals surface area contributed by atoms with Crippen LogP contribution in [0.4, 0.5) is 4.39 Å². The fourth-order valence-corrected chi connectivity index (χ4v) is 2.92. The highest BCUT2D eigenvalue weighted by Gasteiger charge is 2.34. The van der Waals surface area contributed by atoms with Crippen LogP contribution < -0.4 is 15.4 Å². The lowest BCUT2D eigenvalue weighted by atomic mass is 10.1. The Kier molecular flexibility index (Phi) is 7.18. The molecule has 2 atom stereocenters. The summed E-state index contributed by atoms with van der Waals surface area (Å²) in [4.78, 5) is 11.7. The van der Waals surface area contributed by atoms with Crippen molar-refractivity contribution in [3.63, 3.8) is 0 Å². The average molecular weight is 336 g/mol. The molecule has 0 amide bonds. The molecule has 24 heavy (non-hydrogen) atoms. The molecule has 1 aliphatic carbocycles. The van der Waals surface area contributed by atoms with Gasteiger partial charge in [-0.15, -0.1) is 0 Å². The molecule has 134 valence electrons. The molecule has 5 heteroatoms. The van der Waals surface area contributed by atoms with E-state index in [1.165, 1.54) is 12.1 Å². The van der Waals surface area contributed by atoms with Gasteiger partial charge in [0.05, 0.1) is 6.04 Å². The number of rotatable bonds is 11. The predicted octanol–water partition coefficient (Wildman–Crippen LogP) is 2.70. The van der Waals surface area contributed by atoms with E-state index in [0.29, 0.717) is 18.2 Å². The van der Waals surface area contributed by atoms with Gasteiger partial charge in [0.2, 0.25) is 0 Å². The molecular weight excluding hydrogens is 307 g/mol. The summed E-state index contributed by atoms with van der Waals surface area (Å²) in [6.07, 6.45) is 3.92. The Bertz CT molecular complexity index is 546. The van der Waals surface area contributed by atoms with Crippen molar-refractivity contribution in [2.45, 2.75) is 51.7 Å². The number of hydrogen-bond acceptors (Lipinski definition) is 4. The molecule has 0 aromatic heterocycles. The first-order chi connectivity index (χ1) is 11.5. The van der Waals surface area contributed by atoms with Crippen molar-refractivity contribution in [1.82, 2.24) is 10.6 Å². The Morgan fingerprint density at radius 2 is 2.17 bits per heavy atom. The third kappa shape index (κ3) is 5.87. The van der Waals surface area contributed by atoms with Gasteiger partial charge in [0.15, 0.2) is 0 Å². The maximum atomic E-state index is 13.6. The van der Waals surface area contributed by atoms with Crippen molar-refractivity contribution >= 4 is 5.78 Å². The van der Waals surface area contributed by atoms with Gasteiger partial charge in [0.1, 0.15) is 23.5 Å². The molecule has 4 nitrogen and oxygen atoms in total. The lowest BCUT2D eigenvalue weighted by molar-refractivity contribution is -0.119. The van der Waals surface area contributed by atoms with Crippen LogP contribution in [-0.2, 0) is 11.2 Å². The molecule has 0 saturated heterocycles. The van der Waals surface area contributed by atoms with Gasteiger partial charge in [0, 0.05) is 12.6 Å². The number of ether oxygens (including phenoxy) is 1. The monoisotopic (exact) mass is 336 g/mol. The molecule has 1 aliphatic rings. The highest BCUT2D eigenvalue weighted by molar-refractivity contribution is 5.82. The number of Topliss-reactive ketones (excluding diaryl/α,β-unsaturated/α-hetero) is 1. The van der Waals surface area contributed by atoms with E-state index < -0.39 is 0 Å². The highest BCUT2D eigenvalue weighted by Crippen LogP contribution is 2.33. The second-order valence-electron chi connectivity index (χ2n) is 6.72. The summed E-state index contributed by atoms with van der Waals surface area (Å²) in [7, 11) is 1.92. The third-order valence-corrected chi connectivity index (χ3v) is 4.39. The number of ketones is 1. The van der Waals surface area contributed by atoms with Gasteiger partial charge >= 0.3 is 0 Å². The molecule has 2 N–H and O–H groups in total. The Hall–Kier alpha value is -1.46. The van der Waals surface area contributed by atoms with Crippen molar-refractivity contribution in [2.24, 2.45) is 5.92 Å². The minimum absolute atomic E-state index is 0.0707. The number of nitrogens with one attached hydrogen (secondary N) is 2. The molecule has 0 spiro atoms. The molecule has 0 aliphatic heterocycles. The van der Waals surface area contributed by atoms with Crippen molar-refractivity contribution < 1.29 is 13.9 Å². The first kappa shape index (κ1) is 18.9. The van der Waals surface area contributed by atoms with Crippen LogP contribution in [0, 0.1) is 11.7 Å². The fourth-order valence-electron chi connectivity index (χ4n) is 2.92. The second-order valence-corrected chi connectivity index (χ2v) is 6.72. The van der Waals surface area contributed by atoms with Crippen LogP contribution in [0.25, 0.3) is 0 Å². The smallest absolute Gasteiger partial charge is 0.146 e. The summed E-state index contributed by atoms with van der Waals surface area (Å²) in [6, 6.07) is 4.65. The standard InChI is InChI=1S/C19H29FN2O2/c1-13(12-22-19(14(2)23)16-6-7-16)24-18-11-17(20)9-8-15(18)5-4-10-21-3/h8-9,11,13,16,19,21-22H,4-7,10,12H2,1-3H3/t13-,19-/m1/s1. The van der Waals surface area contributed by atoms with Gasteiger partial charge in [-0.25, -0.2) is 4.39 Å². The van der Waals surface area contributed by atoms with Crippen LogP contribution in [-0.4, -0.2) is 38.1 Å². The minimum Gasteiger partial charge on any atom is -0.489 e. The van der Waals surface area contributed by atoms with Crippen LogP contribution in [0.2, 0.25) is 0 Å². The minimum atomic E-state index is -0.290. The topological polar surface area (TPSA) is 50.4 Å². The zero-order valence-corrected chi connectivity index (χ0v) is 14.9. The quantitative estimate of drug-likeness (QED) is 0.610. The van der Waals surface area contributed by atoms with Crippen LogP contribution in [0.1, 0.15) is 38.7 Å². The normalized spacial score (nSPS) is 16.7. The van der Waals surface area contributed by atoms with E-state index in [0.717, 1.165) is 37.8 Å². The number of aryl methyl sites for hydroxylation is 1.